The van der Waals surface area contributed by atoms with E-state index in [0.717, 1.165) is 30.9 Å². The number of hydrogen-bond acceptors (Lipinski definition) is 4. The maximum Gasteiger partial charge on any atom is 0.237 e. The molecule has 3 atom stereocenters. The summed E-state index contributed by atoms with van der Waals surface area (Å²) in [6, 6.07) is 7.51. The zero-order chi connectivity index (χ0) is 14.7. The monoisotopic (exact) mass is 290 g/mol. The lowest BCUT2D eigenvalue weighted by molar-refractivity contribution is -0.125. The number of fused-ring (bicyclic) bond motifs is 1. The molecule has 0 saturated carbocycles. The fraction of sp³-hybridized carbons (Fsp3) is 0.562. The third kappa shape index (κ3) is 3.29. The molecule has 1 aromatic rings. The number of nitrogens with one attached hydrogen (secondary N) is 2. The van der Waals surface area contributed by atoms with Crippen molar-refractivity contribution in [3.63, 3.8) is 0 Å². The van der Waals surface area contributed by atoms with Crippen LogP contribution in [0.4, 0.5) is 0 Å². The Labute approximate surface area is 125 Å². The standard InChI is InChI=1S/C16H22N2O3/c1-11-5-4-8-17-15(11)16(19)18-9-12-10-20-13-6-2-3-7-14(13)21-12/h2-3,6-7,11-12,15,17H,4-5,8-10H2,1H3,(H,18,19). The molecule has 0 aliphatic carbocycles. The third-order valence-corrected chi connectivity index (χ3v) is 4.12. The molecule has 0 radical (unpaired) electrons. The number of benzene rings is 1. The number of carbonyl (C=O) groups excluding carboxylic acids is 1. The number of rotatable bonds is 3. The smallest absolute Gasteiger partial charge is 0.237 e. The van der Waals surface area contributed by atoms with Crippen molar-refractivity contribution >= 4 is 5.91 Å². The van der Waals surface area contributed by atoms with E-state index >= 15 is 0 Å². The molecule has 0 aromatic heterocycles. The second-order valence-corrected chi connectivity index (χ2v) is 5.79. The number of piperidine rings is 1. The fourth-order valence-corrected chi connectivity index (χ4v) is 2.89. The zero-order valence-corrected chi connectivity index (χ0v) is 12.3. The Kier molecular flexibility index (Phi) is 4.29. The molecular formula is C16H22N2O3. The maximum atomic E-state index is 12.2. The van der Waals surface area contributed by atoms with E-state index in [1.165, 1.54) is 0 Å². The van der Waals surface area contributed by atoms with E-state index in [0.29, 0.717) is 19.1 Å². The SMILES string of the molecule is CC1CCCNC1C(=O)NCC1COc2ccccc2O1. The van der Waals surface area contributed by atoms with Crippen LogP contribution in [-0.2, 0) is 4.79 Å². The largest absolute Gasteiger partial charge is 0.486 e. The second-order valence-electron chi connectivity index (χ2n) is 5.79. The summed E-state index contributed by atoms with van der Waals surface area (Å²) in [6.07, 6.45) is 2.10. The van der Waals surface area contributed by atoms with Gasteiger partial charge in [-0.1, -0.05) is 19.1 Å². The van der Waals surface area contributed by atoms with Gasteiger partial charge in [-0.3, -0.25) is 4.79 Å². The first kappa shape index (κ1) is 14.2. The van der Waals surface area contributed by atoms with Gasteiger partial charge in [-0.25, -0.2) is 0 Å². The van der Waals surface area contributed by atoms with Crippen molar-refractivity contribution in [1.82, 2.24) is 10.6 Å². The Balaban J connectivity index is 1.51. The Morgan fingerprint density at radius 2 is 2.19 bits per heavy atom. The van der Waals surface area contributed by atoms with Crippen molar-refractivity contribution in [2.24, 2.45) is 5.92 Å². The van der Waals surface area contributed by atoms with E-state index in [2.05, 4.69) is 17.6 Å². The molecule has 2 N–H and O–H groups in total. The molecule has 1 fully saturated rings. The van der Waals surface area contributed by atoms with Crippen molar-refractivity contribution in [3.8, 4) is 11.5 Å². The van der Waals surface area contributed by atoms with Gasteiger partial charge in [-0.15, -0.1) is 0 Å². The molecule has 2 heterocycles. The predicted octanol–water partition coefficient (Wildman–Crippen LogP) is 1.33. The van der Waals surface area contributed by atoms with Crippen LogP contribution in [0.25, 0.3) is 0 Å². The van der Waals surface area contributed by atoms with Gasteiger partial charge in [-0.2, -0.15) is 0 Å². The minimum atomic E-state index is -0.136. The Morgan fingerprint density at radius 1 is 1.38 bits per heavy atom. The molecule has 1 aromatic carbocycles. The van der Waals surface area contributed by atoms with Crippen LogP contribution < -0.4 is 20.1 Å². The molecule has 21 heavy (non-hydrogen) atoms. The topological polar surface area (TPSA) is 59.6 Å². The van der Waals surface area contributed by atoms with Gasteiger partial charge >= 0.3 is 0 Å². The van der Waals surface area contributed by atoms with E-state index in [4.69, 9.17) is 9.47 Å². The fourth-order valence-electron chi connectivity index (χ4n) is 2.89. The van der Waals surface area contributed by atoms with Crippen LogP contribution in [0, 0.1) is 5.92 Å². The van der Waals surface area contributed by atoms with Crippen LogP contribution in [0.2, 0.25) is 0 Å². The summed E-state index contributed by atoms with van der Waals surface area (Å²) >= 11 is 0. The van der Waals surface area contributed by atoms with Crippen molar-refractivity contribution in [1.29, 1.82) is 0 Å². The van der Waals surface area contributed by atoms with Crippen molar-refractivity contribution in [3.05, 3.63) is 24.3 Å². The molecule has 5 heteroatoms. The number of amides is 1. The summed E-state index contributed by atoms with van der Waals surface area (Å²) in [4.78, 5) is 12.2. The average Bonchev–Trinajstić information content (AvgIpc) is 2.53. The Bertz CT molecular complexity index is 506. The third-order valence-electron chi connectivity index (χ3n) is 4.12. The van der Waals surface area contributed by atoms with Crippen LogP contribution >= 0.6 is 0 Å². The van der Waals surface area contributed by atoms with Gasteiger partial charge < -0.3 is 20.1 Å². The number of hydrogen-bond donors (Lipinski definition) is 2. The number of ether oxygens (including phenoxy) is 2. The van der Waals surface area contributed by atoms with Gasteiger partial charge in [0.1, 0.15) is 12.7 Å². The molecule has 5 nitrogen and oxygen atoms in total. The van der Waals surface area contributed by atoms with Crippen LogP contribution in [0.3, 0.4) is 0 Å². The highest BCUT2D eigenvalue weighted by molar-refractivity contribution is 5.82. The van der Waals surface area contributed by atoms with Gasteiger partial charge in [0.05, 0.1) is 12.6 Å². The van der Waals surface area contributed by atoms with Gasteiger partial charge in [0.15, 0.2) is 11.5 Å². The van der Waals surface area contributed by atoms with E-state index in [-0.39, 0.29) is 18.1 Å². The molecule has 0 bridgehead atoms. The zero-order valence-electron chi connectivity index (χ0n) is 12.3. The van der Waals surface area contributed by atoms with Gasteiger partial charge in [0, 0.05) is 0 Å². The average molecular weight is 290 g/mol. The summed E-state index contributed by atoms with van der Waals surface area (Å²) in [5, 5.41) is 6.26. The maximum absolute atomic E-state index is 12.2. The first-order valence-electron chi connectivity index (χ1n) is 7.63. The summed E-state index contributed by atoms with van der Waals surface area (Å²) in [5.41, 5.74) is 0. The van der Waals surface area contributed by atoms with E-state index in [9.17, 15) is 4.79 Å². The summed E-state index contributed by atoms with van der Waals surface area (Å²) in [5.74, 6) is 1.95. The van der Waals surface area contributed by atoms with Gasteiger partial charge in [0.2, 0.25) is 5.91 Å². The molecule has 2 aliphatic heterocycles. The molecule has 114 valence electrons. The first-order valence-corrected chi connectivity index (χ1v) is 7.63. The summed E-state index contributed by atoms with van der Waals surface area (Å²) in [6.45, 7) is 3.97. The molecule has 0 spiro atoms. The lowest BCUT2D eigenvalue weighted by Gasteiger charge is -2.30. The highest BCUT2D eigenvalue weighted by Gasteiger charge is 2.28. The van der Waals surface area contributed by atoms with E-state index in [1.54, 1.807) is 0 Å². The minimum absolute atomic E-state index is 0.0599. The van der Waals surface area contributed by atoms with Crippen molar-refractivity contribution in [2.75, 3.05) is 19.7 Å². The predicted molar refractivity (Wildman–Crippen MR) is 79.6 cm³/mol. The van der Waals surface area contributed by atoms with Crippen LogP contribution in [0.15, 0.2) is 24.3 Å². The first-order chi connectivity index (χ1) is 10.2. The molecular weight excluding hydrogens is 268 g/mol. The minimum Gasteiger partial charge on any atom is -0.486 e. The molecule has 1 saturated heterocycles. The van der Waals surface area contributed by atoms with Crippen molar-refractivity contribution < 1.29 is 14.3 Å². The van der Waals surface area contributed by atoms with Crippen LogP contribution in [0.1, 0.15) is 19.8 Å². The molecule has 1 amide bonds. The second kappa shape index (κ2) is 6.35. The van der Waals surface area contributed by atoms with Gasteiger partial charge in [-0.05, 0) is 37.4 Å². The number of carbonyl (C=O) groups is 1. The van der Waals surface area contributed by atoms with E-state index < -0.39 is 0 Å². The number of para-hydroxylation sites is 2. The highest BCUT2D eigenvalue weighted by atomic mass is 16.6. The van der Waals surface area contributed by atoms with Gasteiger partial charge in [0.25, 0.3) is 0 Å². The van der Waals surface area contributed by atoms with Crippen LogP contribution in [0.5, 0.6) is 11.5 Å². The Hall–Kier alpha value is -1.75. The lowest BCUT2D eigenvalue weighted by Crippen LogP contribution is -2.53. The normalized spacial score (nSPS) is 28.0. The highest BCUT2D eigenvalue weighted by Crippen LogP contribution is 2.30. The Morgan fingerprint density at radius 3 is 3.00 bits per heavy atom. The van der Waals surface area contributed by atoms with E-state index in [1.807, 2.05) is 24.3 Å². The van der Waals surface area contributed by atoms with Crippen molar-refractivity contribution in [2.45, 2.75) is 31.9 Å². The molecule has 2 aliphatic rings. The quantitative estimate of drug-likeness (QED) is 0.882. The summed E-state index contributed by atoms with van der Waals surface area (Å²) < 4.78 is 11.5. The summed E-state index contributed by atoms with van der Waals surface area (Å²) in [7, 11) is 0. The molecule has 3 rings (SSSR count). The van der Waals surface area contributed by atoms with Crippen LogP contribution in [-0.4, -0.2) is 37.7 Å². The molecule has 3 unspecified atom stereocenters. The lowest BCUT2D eigenvalue weighted by atomic mass is 9.92.